The molecule has 2 atom stereocenters. The van der Waals surface area contributed by atoms with Crippen LogP contribution < -0.4 is 10.6 Å². The summed E-state index contributed by atoms with van der Waals surface area (Å²) in [5.41, 5.74) is -0.235. The molecule has 0 spiro atoms. The molecule has 0 aliphatic rings. The van der Waals surface area contributed by atoms with Crippen molar-refractivity contribution in [2.45, 2.75) is 45.4 Å². The Balaban J connectivity index is 2.33. The predicted molar refractivity (Wildman–Crippen MR) is 106 cm³/mol. The minimum atomic E-state index is -0.789. The summed E-state index contributed by atoms with van der Waals surface area (Å²) in [4.78, 5) is 16.0. The van der Waals surface area contributed by atoms with Gasteiger partial charge in [0.05, 0.1) is 17.6 Å². The van der Waals surface area contributed by atoms with E-state index in [1.807, 2.05) is 0 Å². The second-order valence-electron chi connectivity index (χ2n) is 7.38. The van der Waals surface area contributed by atoms with Gasteiger partial charge >= 0.3 is 6.09 Å². The molecule has 0 saturated heterocycles. The summed E-state index contributed by atoms with van der Waals surface area (Å²) in [6.07, 6.45) is -0.662. The van der Waals surface area contributed by atoms with Crippen LogP contribution in [0.3, 0.4) is 0 Å². The van der Waals surface area contributed by atoms with Crippen LogP contribution in [0.1, 0.15) is 44.9 Å². The molecule has 0 bridgehead atoms. The van der Waals surface area contributed by atoms with Gasteiger partial charge < -0.3 is 15.4 Å². The van der Waals surface area contributed by atoms with Crippen LogP contribution in [0.15, 0.2) is 30.3 Å². The van der Waals surface area contributed by atoms with Gasteiger partial charge in [-0.15, -0.1) is 0 Å². The van der Waals surface area contributed by atoms with E-state index in [9.17, 15) is 13.6 Å². The Bertz CT molecular complexity index is 924. The minimum absolute atomic E-state index is 0.104. The maximum atomic E-state index is 14.4. The smallest absolute Gasteiger partial charge is 0.407 e. The van der Waals surface area contributed by atoms with Gasteiger partial charge in [0.15, 0.2) is 11.6 Å². The van der Waals surface area contributed by atoms with Gasteiger partial charge in [-0.2, -0.15) is 5.26 Å². The molecular formula is C20H21ClF2N4O2. The Hall–Kier alpha value is -2.92. The number of nitrogens with zero attached hydrogens (tertiary/aromatic N) is 2. The quantitative estimate of drug-likeness (QED) is 0.665. The fraction of sp³-hybridized carbons (Fsp3) is 0.350. The molecule has 6 nitrogen and oxygen atoms in total. The summed E-state index contributed by atoms with van der Waals surface area (Å²) in [6, 6.07) is 6.91. The molecule has 2 N–H and O–H groups in total. The van der Waals surface area contributed by atoms with Crippen molar-refractivity contribution in [3.8, 4) is 6.07 Å². The molecule has 2 aromatic rings. The van der Waals surface area contributed by atoms with Gasteiger partial charge in [-0.25, -0.2) is 18.6 Å². The van der Waals surface area contributed by atoms with E-state index >= 15 is 0 Å². The Morgan fingerprint density at radius 1 is 1.28 bits per heavy atom. The zero-order chi connectivity index (χ0) is 21.8. The SMILES string of the molecule is C[C@H](NC(=O)OC(C)(C)C)[C@H](Nc1nc(Cl)c(C#N)cc1F)c1ccc(F)cc1. The molecule has 0 saturated carbocycles. The molecule has 0 unspecified atom stereocenters. The lowest BCUT2D eigenvalue weighted by molar-refractivity contribution is 0.0503. The second kappa shape index (κ2) is 9.05. The van der Waals surface area contributed by atoms with Crippen molar-refractivity contribution in [1.82, 2.24) is 10.3 Å². The molecule has 0 aliphatic heterocycles. The van der Waals surface area contributed by atoms with Crippen LogP contribution in [0, 0.1) is 23.0 Å². The van der Waals surface area contributed by atoms with Crippen molar-refractivity contribution in [2.24, 2.45) is 0 Å². The van der Waals surface area contributed by atoms with Crippen molar-refractivity contribution >= 4 is 23.5 Å². The number of anilines is 1. The molecule has 1 aromatic heterocycles. The fourth-order valence-electron chi connectivity index (χ4n) is 2.54. The fourth-order valence-corrected chi connectivity index (χ4v) is 2.72. The van der Waals surface area contributed by atoms with E-state index in [-0.39, 0.29) is 16.5 Å². The Kier molecular flexibility index (Phi) is 6.98. The van der Waals surface area contributed by atoms with E-state index in [0.717, 1.165) is 6.07 Å². The lowest BCUT2D eigenvalue weighted by Crippen LogP contribution is -2.42. The van der Waals surface area contributed by atoms with Gasteiger partial charge in [-0.3, -0.25) is 0 Å². The molecule has 1 aromatic carbocycles. The number of alkyl carbamates (subject to hydrolysis) is 1. The Morgan fingerprint density at radius 2 is 1.90 bits per heavy atom. The zero-order valence-electron chi connectivity index (χ0n) is 16.4. The number of nitrogens with one attached hydrogen (secondary N) is 2. The van der Waals surface area contributed by atoms with E-state index < -0.39 is 35.4 Å². The van der Waals surface area contributed by atoms with E-state index in [1.54, 1.807) is 33.8 Å². The highest BCUT2D eigenvalue weighted by Crippen LogP contribution is 2.26. The summed E-state index contributed by atoms with van der Waals surface area (Å²) >= 11 is 5.91. The molecule has 1 amide bonds. The number of hydrogen-bond donors (Lipinski definition) is 2. The van der Waals surface area contributed by atoms with Gasteiger partial charge in [-0.05, 0) is 51.5 Å². The molecule has 0 radical (unpaired) electrons. The monoisotopic (exact) mass is 422 g/mol. The molecule has 2 rings (SSSR count). The number of benzene rings is 1. The number of carbonyl (C=O) groups excluding carboxylic acids is 1. The summed E-state index contributed by atoms with van der Waals surface area (Å²) in [5, 5.41) is 14.3. The van der Waals surface area contributed by atoms with Gasteiger partial charge in [0, 0.05) is 0 Å². The number of carbonyl (C=O) groups is 1. The number of pyridine rings is 1. The van der Waals surface area contributed by atoms with Crippen LogP contribution >= 0.6 is 11.6 Å². The van der Waals surface area contributed by atoms with Gasteiger partial charge in [0.25, 0.3) is 0 Å². The van der Waals surface area contributed by atoms with Gasteiger partial charge in [-0.1, -0.05) is 23.7 Å². The second-order valence-corrected chi connectivity index (χ2v) is 7.74. The van der Waals surface area contributed by atoms with E-state index in [2.05, 4.69) is 15.6 Å². The normalized spacial score (nSPS) is 13.2. The van der Waals surface area contributed by atoms with Crippen LogP contribution in [-0.4, -0.2) is 22.7 Å². The lowest BCUT2D eigenvalue weighted by atomic mass is 10.00. The van der Waals surface area contributed by atoms with Crippen LogP contribution in [0.2, 0.25) is 5.15 Å². The molecule has 29 heavy (non-hydrogen) atoms. The average Bonchev–Trinajstić information content (AvgIpc) is 2.61. The standard InChI is InChI=1S/C20H21ClF2N4O2/c1-11(25-19(28)29-20(2,3)4)16(12-5-7-14(22)8-6-12)26-18-15(23)9-13(10-24)17(21)27-18/h5-9,11,16H,1-4H3,(H,25,28)(H,26,27)/t11-,16-/m0/s1. The summed E-state index contributed by atoms with van der Waals surface area (Å²) < 4.78 is 33.0. The third-order valence-corrected chi connectivity index (χ3v) is 4.10. The summed E-state index contributed by atoms with van der Waals surface area (Å²) in [7, 11) is 0. The summed E-state index contributed by atoms with van der Waals surface area (Å²) in [5.74, 6) is -1.44. The van der Waals surface area contributed by atoms with Crippen molar-refractivity contribution in [3.05, 3.63) is 58.2 Å². The predicted octanol–water partition coefficient (Wildman–Crippen LogP) is 4.95. The van der Waals surface area contributed by atoms with Crippen LogP contribution in [-0.2, 0) is 4.74 Å². The number of halogens is 3. The molecule has 1 heterocycles. The largest absolute Gasteiger partial charge is 0.444 e. The van der Waals surface area contributed by atoms with Crippen molar-refractivity contribution in [3.63, 3.8) is 0 Å². The highest BCUT2D eigenvalue weighted by Gasteiger charge is 2.26. The lowest BCUT2D eigenvalue weighted by Gasteiger charge is -2.28. The van der Waals surface area contributed by atoms with E-state index in [1.165, 1.54) is 24.3 Å². The molecule has 9 heteroatoms. The van der Waals surface area contributed by atoms with Gasteiger partial charge in [0.2, 0.25) is 0 Å². The Morgan fingerprint density at radius 3 is 2.45 bits per heavy atom. The molecule has 0 aliphatic carbocycles. The average molecular weight is 423 g/mol. The number of hydrogen-bond acceptors (Lipinski definition) is 5. The van der Waals surface area contributed by atoms with Crippen LogP contribution in [0.4, 0.5) is 19.4 Å². The number of ether oxygens (including phenoxy) is 1. The topological polar surface area (TPSA) is 87.0 Å². The number of rotatable bonds is 5. The Labute approximate surface area is 172 Å². The third kappa shape index (κ3) is 6.29. The first-order valence-corrected chi connectivity index (χ1v) is 9.15. The van der Waals surface area contributed by atoms with Crippen molar-refractivity contribution in [2.75, 3.05) is 5.32 Å². The molecular weight excluding hydrogens is 402 g/mol. The van der Waals surface area contributed by atoms with E-state index in [0.29, 0.717) is 5.56 Å². The number of aromatic nitrogens is 1. The third-order valence-electron chi connectivity index (χ3n) is 3.82. The highest BCUT2D eigenvalue weighted by molar-refractivity contribution is 6.30. The van der Waals surface area contributed by atoms with Crippen LogP contribution in [0.25, 0.3) is 0 Å². The van der Waals surface area contributed by atoms with E-state index in [4.69, 9.17) is 21.6 Å². The van der Waals surface area contributed by atoms with Crippen molar-refractivity contribution in [1.29, 1.82) is 5.26 Å². The molecule has 0 fully saturated rings. The number of nitriles is 1. The first-order valence-electron chi connectivity index (χ1n) is 8.78. The van der Waals surface area contributed by atoms with Crippen LogP contribution in [0.5, 0.6) is 0 Å². The first kappa shape index (κ1) is 22.4. The van der Waals surface area contributed by atoms with Gasteiger partial charge in [0.1, 0.15) is 22.6 Å². The van der Waals surface area contributed by atoms with Crippen molar-refractivity contribution < 1.29 is 18.3 Å². The highest BCUT2D eigenvalue weighted by atomic mass is 35.5. The number of amides is 1. The minimum Gasteiger partial charge on any atom is -0.444 e. The maximum absolute atomic E-state index is 14.4. The summed E-state index contributed by atoms with van der Waals surface area (Å²) in [6.45, 7) is 6.86. The zero-order valence-corrected chi connectivity index (χ0v) is 17.1. The maximum Gasteiger partial charge on any atom is 0.407 e. The molecule has 154 valence electrons. The first-order chi connectivity index (χ1) is 13.5.